The van der Waals surface area contributed by atoms with Crippen LogP contribution in [0.15, 0.2) is 229 Å². The normalized spacial score (nSPS) is 16.5. The number of rotatable bonds is 30. The molecule has 4 saturated heterocycles. The number of fused-ring (bicyclic) bond motifs is 6. The molecule has 0 spiro atoms. The second kappa shape index (κ2) is 47.3. The van der Waals surface area contributed by atoms with Gasteiger partial charge in [-0.2, -0.15) is 0 Å². The Kier molecular flexibility index (Phi) is 33.2. The summed E-state index contributed by atoms with van der Waals surface area (Å²) in [6.07, 6.45) is 6.12. The summed E-state index contributed by atoms with van der Waals surface area (Å²) in [6, 6.07) is 64.3. The largest absolute Gasteiger partial charge is 0.490 e. The van der Waals surface area contributed by atoms with Crippen LogP contribution in [0.4, 0.5) is 0 Å². The number of halogens is 2. The Labute approximate surface area is 882 Å². The number of benzene rings is 9. The van der Waals surface area contributed by atoms with E-state index < -0.39 is 24.4 Å². The van der Waals surface area contributed by atoms with Crippen LogP contribution < -0.4 is 28.4 Å². The number of aryl methyl sites for hydroxylation is 2. The van der Waals surface area contributed by atoms with E-state index in [2.05, 4.69) is 153 Å². The van der Waals surface area contributed by atoms with E-state index in [4.69, 9.17) is 87.0 Å². The first-order chi connectivity index (χ1) is 72.4. The van der Waals surface area contributed by atoms with Crippen LogP contribution in [0.3, 0.4) is 0 Å². The summed E-state index contributed by atoms with van der Waals surface area (Å²) in [5.41, 5.74) is 10.2. The van der Waals surface area contributed by atoms with Crippen molar-refractivity contribution < 1.29 is 84.2 Å². The minimum absolute atomic E-state index is 0.144. The summed E-state index contributed by atoms with van der Waals surface area (Å²) in [7, 11) is 0. The average molecular weight is 2080 g/mol. The van der Waals surface area contributed by atoms with Gasteiger partial charge in [0.1, 0.15) is 109 Å². The molecule has 22 rings (SSSR count). The van der Waals surface area contributed by atoms with Gasteiger partial charge in [0.2, 0.25) is 23.6 Å². The van der Waals surface area contributed by atoms with Gasteiger partial charge in [-0.3, -0.25) is 0 Å². The van der Waals surface area contributed by atoms with E-state index in [0.717, 1.165) is 137 Å². The van der Waals surface area contributed by atoms with Crippen molar-refractivity contribution in [2.24, 2.45) is 0 Å². The summed E-state index contributed by atoms with van der Waals surface area (Å²) in [6.45, 7) is 36.3. The van der Waals surface area contributed by atoms with Gasteiger partial charge in [0.05, 0.1) is 31.6 Å². The summed E-state index contributed by atoms with van der Waals surface area (Å²) in [4.78, 5) is 9.26. The van der Waals surface area contributed by atoms with Gasteiger partial charge in [-0.05, 0) is 258 Å². The van der Waals surface area contributed by atoms with E-state index in [1.165, 1.54) is 44.2 Å². The zero-order chi connectivity index (χ0) is 104. The fourth-order valence-corrected chi connectivity index (χ4v) is 20.3. The Morgan fingerprint density at radius 3 is 1.00 bits per heavy atom. The Hall–Kier alpha value is -13.0. The maximum atomic E-state index is 10.8. The molecular weight excluding hydrogens is 1940 g/mol. The molecule has 5 aliphatic heterocycles. The molecule has 30 nitrogen and oxygen atoms in total. The molecule has 788 valence electrons. The first-order valence-corrected chi connectivity index (χ1v) is 53.2. The van der Waals surface area contributed by atoms with E-state index in [1.54, 1.807) is 0 Å². The van der Waals surface area contributed by atoms with Gasteiger partial charge in [-0.25, -0.2) is 0 Å². The molecule has 0 saturated carbocycles. The van der Waals surface area contributed by atoms with E-state index in [0.29, 0.717) is 189 Å². The van der Waals surface area contributed by atoms with Crippen LogP contribution in [-0.2, 0) is 10.8 Å². The van der Waals surface area contributed by atoms with Crippen molar-refractivity contribution in [2.45, 2.75) is 205 Å². The molecule has 5 aliphatic rings. The van der Waals surface area contributed by atoms with Gasteiger partial charge in [-0.1, -0.05) is 190 Å². The lowest BCUT2D eigenvalue weighted by Crippen LogP contribution is -2.40. The second-order valence-corrected chi connectivity index (χ2v) is 43.6. The Balaban J connectivity index is 0.000000125. The highest BCUT2D eigenvalue weighted by atomic mass is 35.5. The van der Waals surface area contributed by atoms with Crippen molar-refractivity contribution in [3.05, 3.63) is 261 Å². The number of likely N-dealkylation sites (tertiary alicyclic amines) is 4. The van der Waals surface area contributed by atoms with E-state index >= 15 is 0 Å². The maximum Gasteiger partial charge on any atom is 0.283 e. The predicted molar refractivity (Wildman–Crippen MR) is 577 cm³/mol. The topological polar surface area (TPSA) is 357 Å². The molecule has 4 atom stereocenters. The lowest BCUT2D eigenvalue weighted by atomic mass is 9.88. The van der Waals surface area contributed by atoms with Gasteiger partial charge in [0.25, 0.3) is 23.6 Å². The summed E-state index contributed by atoms with van der Waals surface area (Å²) in [5, 5.41) is 82.9. The minimum Gasteiger partial charge on any atom is -0.490 e. The van der Waals surface area contributed by atoms with Crippen molar-refractivity contribution in [2.75, 3.05) is 118 Å². The van der Waals surface area contributed by atoms with Crippen molar-refractivity contribution in [3.8, 4) is 81.1 Å². The predicted octanol–water partition coefficient (Wildman–Crippen LogP) is 24.1. The number of nitrogens with zero attached hydrogens (tertiary/aromatic N) is 12. The lowest BCUT2D eigenvalue weighted by Gasteiger charge is -2.33. The maximum absolute atomic E-state index is 10.8. The molecule has 0 radical (unpaired) electrons. The smallest absolute Gasteiger partial charge is 0.283 e. The highest BCUT2D eigenvalue weighted by Gasteiger charge is 2.33. The standard InChI is InChI=1S/C31H33N3O4.C30H35N3O6.C29H35N3O4.C28H31Cl2N3O4/c1-20(2)30-32-33-31(38-30)29-17-26-27(8-5-9-28(26)37-29)36-19-25(35)18-34-14-12-22(13-15-34)24-11-10-21-6-3-4-7-23(21)16-24;1-30(2,3)29-32-31-28(39-29)27-16-22-23(5-4-6-24(22)38-27)37-18-21(34)17-33-11-9-19(10-12-33)20-7-8-25-26(15-20)36-14-13-35-25;1-18(2)28-30-31-29(36-28)27-15-24-25(6-5-7-26(24)35-27)34-17-23(33)16-32-12-10-21(11-13-32)22-9-8-19(3)20(4)14-22;1-28(2,3)27-32-31-26(37-27)25-14-20-23(5-4-6-24(20)36-25)35-16-19(34)15-33-11-9-17(10-12-33)18-7-8-21(29)22(30)13-18/h3-11,16-17,20,22,25,35H,12-15,18-19H2,1-2H3;4-8,15-16,19,21,34H,9-14,17-18H2,1-3H3;5-9,14-15,18,21,23,33H,10-13,16-17H2,1-4H3;4-8,13-14,17,19,34H,9-12,15-16H2,1-3H3/t25-;21-;23-;19-/m0000/s1. The number of hydrogen-bond acceptors (Lipinski definition) is 30. The molecule has 0 bridgehead atoms. The highest BCUT2D eigenvalue weighted by molar-refractivity contribution is 6.42. The van der Waals surface area contributed by atoms with Crippen LogP contribution in [0.2, 0.25) is 10.0 Å². The first-order valence-electron chi connectivity index (χ1n) is 52.4. The van der Waals surface area contributed by atoms with E-state index in [9.17, 15) is 20.4 Å². The molecule has 13 heterocycles. The summed E-state index contributed by atoms with van der Waals surface area (Å²) in [5.74, 6) is 12.3. The van der Waals surface area contributed by atoms with Crippen molar-refractivity contribution >= 4 is 77.9 Å². The van der Waals surface area contributed by atoms with Crippen molar-refractivity contribution in [3.63, 3.8) is 0 Å². The lowest BCUT2D eigenvalue weighted by molar-refractivity contribution is 0.0598. The number of aliphatic hydroxyl groups excluding tert-OH is 4. The monoisotopic (exact) mass is 2080 g/mol. The molecular formula is C118H134Cl2N12O18. The van der Waals surface area contributed by atoms with Crippen LogP contribution in [0, 0.1) is 13.8 Å². The van der Waals surface area contributed by atoms with Gasteiger partial charge in [0.15, 0.2) is 34.5 Å². The molecule has 17 aromatic rings. The third-order valence-corrected chi connectivity index (χ3v) is 29.3. The number of aromatic nitrogens is 8. The fraction of sp³-hybridized carbons (Fsp3) is 0.424. The van der Waals surface area contributed by atoms with Crippen molar-refractivity contribution in [1.82, 2.24) is 60.4 Å². The van der Waals surface area contributed by atoms with Crippen LogP contribution in [0.5, 0.6) is 34.5 Å². The molecule has 4 fully saturated rings. The van der Waals surface area contributed by atoms with Gasteiger partial charge >= 0.3 is 0 Å². The summed E-state index contributed by atoms with van der Waals surface area (Å²) >= 11 is 12.3. The molecule has 150 heavy (non-hydrogen) atoms. The molecule has 4 N–H and O–H groups in total. The number of piperidine rings is 4. The minimum atomic E-state index is -0.617. The second-order valence-electron chi connectivity index (χ2n) is 42.8. The molecule has 8 aromatic heterocycles. The average Bonchev–Trinajstić information content (AvgIpc) is 1.63. The number of ether oxygens (including phenoxy) is 6. The molecule has 0 aliphatic carbocycles. The fourth-order valence-electron chi connectivity index (χ4n) is 20.0. The van der Waals surface area contributed by atoms with E-state index in [-0.39, 0.29) is 49.1 Å². The van der Waals surface area contributed by atoms with Crippen LogP contribution in [0.25, 0.3) is 101 Å². The van der Waals surface area contributed by atoms with Gasteiger partial charge in [0, 0.05) is 73.1 Å². The highest BCUT2D eigenvalue weighted by Crippen LogP contribution is 2.44. The van der Waals surface area contributed by atoms with Gasteiger partial charge < -0.3 is 104 Å². The van der Waals surface area contributed by atoms with Crippen LogP contribution >= 0.6 is 23.2 Å². The number of β-amino-alcohol motifs (C(OH)–C–C–N with tert-alkyl or cyclic N) is 4. The van der Waals surface area contributed by atoms with Crippen LogP contribution in [-0.4, -0.2) is 223 Å². The number of aliphatic hydroxyl groups is 4. The van der Waals surface area contributed by atoms with Crippen molar-refractivity contribution in [1.29, 1.82) is 0 Å². The zero-order valence-electron chi connectivity index (χ0n) is 87.3. The van der Waals surface area contributed by atoms with Crippen LogP contribution in [0.1, 0.15) is 213 Å². The Morgan fingerprint density at radius 2 is 0.647 bits per heavy atom. The van der Waals surface area contributed by atoms with Gasteiger partial charge in [-0.15, -0.1) is 40.8 Å². The SMILES string of the molecule is CC(C)(C)c1nnc(-c2cc3c(OC[C@@H](O)CN4CCC(c5ccc(Cl)c(Cl)c5)CC4)cccc3o2)o1.CC(C)(C)c1nnc(-c2cc3c(OC[C@@H](O)CN4CCC(c5ccc6c(c5)OCCO6)CC4)cccc3o2)o1.CC(C)c1nnc(-c2cc3c(OC[C@@H](O)CN4CCC(c5ccc6ccccc6c5)CC4)cccc3o2)o1.Cc1ccc(C2CCN(C[C@H](O)COc3cccc4oc(-c5nnc(C(C)C)o5)cc34)CC2)cc1C. The third-order valence-electron chi connectivity index (χ3n) is 28.6. The quantitative estimate of drug-likeness (QED) is 0.0325. The first kappa shape index (κ1) is 105. The zero-order valence-corrected chi connectivity index (χ0v) is 88.8. The van der Waals surface area contributed by atoms with E-state index in [1.807, 2.05) is 184 Å². The number of hydrogen-bond donors (Lipinski definition) is 4. The molecule has 0 amide bonds. The Morgan fingerprint density at radius 1 is 0.320 bits per heavy atom. The summed E-state index contributed by atoms with van der Waals surface area (Å²) < 4.78 is 82.4. The molecule has 32 heteroatoms. The third kappa shape index (κ3) is 26.1. The molecule has 0 unspecified atom stereocenters. The Bertz CT molecular complexity index is 7380. The molecule has 9 aromatic carbocycles. The number of furan rings is 4.